The average molecular weight is 380 g/mol. The van der Waals surface area contributed by atoms with E-state index in [1.54, 1.807) is 5.94 Å². The summed E-state index contributed by atoms with van der Waals surface area (Å²) in [4.78, 5) is 30.5. The van der Waals surface area contributed by atoms with Gasteiger partial charge >= 0.3 is 6.03 Å². The van der Waals surface area contributed by atoms with Crippen LogP contribution in [0.25, 0.3) is 0 Å². The molecule has 0 spiro atoms. The van der Waals surface area contributed by atoms with E-state index in [1.807, 2.05) is 4.72 Å². The van der Waals surface area contributed by atoms with Crippen molar-refractivity contribution in [2.75, 3.05) is 19.5 Å². The fourth-order valence-corrected chi connectivity index (χ4v) is 3.37. The molecule has 2 rings (SSSR count). The number of rotatable bonds is 5. The van der Waals surface area contributed by atoms with E-state index in [4.69, 9.17) is 9.47 Å². The molecule has 1 aliphatic carbocycles. The number of hydrogen-bond donors (Lipinski definition) is 2. The zero-order chi connectivity index (χ0) is 19.3. The van der Waals surface area contributed by atoms with Crippen LogP contribution in [-0.2, 0) is 14.8 Å². The lowest BCUT2D eigenvalue weighted by Crippen LogP contribution is -2.37. The molecule has 2 amide bonds. The van der Waals surface area contributed by atoms with E-state index in [-0.39, 0.29) is 28.2 Å². The Morgan fingerprint density at radius 2 is 1.85 bits per heavy atom. The summed E-state index contributed by atoms with van der Waals surface area (Å²) in [5, 5.41) is 2.19. The van der Waals surface area contributed by atoms with Gasteiger partial charge in [-0.05, 0) is 12.2 Å². The minimum Gasteiger partial charge on any atom is -0.481 e. The Hall–Kier alpha value is -3.17. The first-order valence-corrected chi connectivity index (χ1v) is 8.73. The number of aromatic nitrogens is 2. The van der Waals surface area contributed by atoms with E-state index in [9.17, 15) is 18.0 Å². The van der Waals surface area contributed by atoms with Crippen LogP contribution in [0.3, 0.4) is 0 Å². The van der Waals surface area contributed by atoms with Crippen molar-refractivity contribution >= 4 is 27.9 Å². The predicted molar refractivity (Wildman–Crippen MR) is 91.8 cm³/mol. The minimum atomic E-state index is -4.20. The smallest absolute Gasteiger partial charge is 0.335 e. The number of allylic oxidation sites excluding steroid dienone is 5. The number of anilines is 1. The quantitative estimate of drug-likeness (QED) is 0.716. The van der Waals surface area contributed by atoms with Gasteiger partial charge in [-0.2, -0.15) is 9.97 Å². The average Bonchev–Trinajstić information content (AvgIpc) is 2.60. The van der Waals surface area contributed by atoms with Crippen molar-refractivity contribution in [3.63, 3.8) is 0 Å². The van der Waals surface area contributed by atoms with Gasteiger partial charge < -0.3 is 9.47 Å². The number of hydrogen-bond acceptors (Lipinski definition) is 8. The van der Waals surface area contributed by atoms with Crippen LogP contribution in [0.2, 0.25) is 0 Å². The molecular weight excluding hydrogens is 364 g/mol. The number of nitrogens with one attached hydrogen (secondary N) is 2. The summed E-state index contributed by atoms with van der Waals surface area (Å²) in [5.74, 6) is 0.949. The van der Waals surface area contributed by atoms with Crippen LogP contribution in [0.5, 0.6) is 11.8 Å². The summed E-state index contributed by atoms with van der Waals surface area (Å²) in [6.45, 7) is 1.52. The van der Waals surface area contributed by atoms with Gasteiger partial charge in [0.15, 0.2) is 0 Å². The van der Waals surface area contributed by atoms with Crippen molar-refractivity contribution in [2.24, 2.45) is 5.92 Å². The molecule has 1 aromatic heterocycles. The number of carbonyl (C=O) groups excluding carboxylic acids is 2. The van der Waals surface area contributed by atoms with Crippen molar-refractivity contribution < 1.29 is 27.5 Å². The SMILES string of the molecule is COc1cc(OC)nc(NC(=O)NS(=O)(=O)C2=CC=CC(=C=O)C2C)n1. The van der Waals surface area contributed by atoms with Crippen LogP contribution in [0.1, 0.15) is 6.92 Å². The largest absolute Gasteiger partial charge is 0.481 e. The number of amides is 2. The van der Waals surface area contributed by atoms with Crippen molar-refractivity contribution in [3.8, 4) is 11.8 Å². The Balaban J connectivity index is 2.18. The van der Waals surface area contributed by atoms with Gasteiger partial charge in [-0.15, -0.1) is 0 Å². The lowest BCUT2D eigenvalue weighted by molar-refractivity contribution is 0.256. The van der Waals surface area contributed by atoms with E-state index in [0.717, 1.165) is 0 Å². The van der Waals surface area contributed by atoms with Gasteiger partial charge in [0.1, 0.15) is 5.94 Å². The maximum atomic E-state index is 12.4. The predicted octanol–water partition coefficient (Wildman–Crippen LogP) is 0.793. The third kappa shape index (κ3) is 4.26. The molecule has 138 valence electrons. The second-order valence-electron chi connectivity index (χ2n) is 5.04. The van der Waals surface area contributed by atoms with Gasteiger partial charge in [0, 0.05) is 11.5 Å². The molecule has 0 saturated carbocycles. The van der Waals surface area contributed by atoms with Gasteiger partial charge in [0.25, 0.3) is 10.0 Å². The van der Waals surface area contributed by atoms with Crippen LogP contribution in [0.4, 0.5) is 10.7 Å². The first-order chi connectivity index (χ1) is 12.3. The molecule has 0 radical (unpaired) electrons. The van der Waals surface area contributed by atoms with Crippen LogP contribution in [0.15, 0.2) is 34.8 Å². The molecule has 11 heteroatoms. The van der Waals surface area contributed by atoms with Gasteiger partial charge in [0.2, 0.25) is 17.7 Å². The second kappa shape index (κ2) is 7.81. The van der Waals surface area contributed by atoms with Gasteiger partial charge in [0.05, 0.1) is 25.2 Å². The standard InChI is InChI=1S/C15H16N4O6S/c1-9-10(8-20)5-4-6-11(9)26(22,23)19-15(21)18-14-16-12(24-2)7-13(17-14)25-3/h4-7,9H,1-3H3,(H2,16,17,18,19,21). The number of ether oxygens (including phenoxy) is 2. The first kappa shape index (κ1) is 19.2. The number of sulfonamides is 1. The Bertz CT molecular complexity index is 909. The fraction of sp³-hybridized carbons (Fsp3) is 0.267. The molecule has 1 atom stereocenters. The molecular formula is C15H16N4O6S. The fourth-order valence-electron chi connectivity index (χ4n) is 2.11. The Labute approximate surface area is 149 Å². The number of methoxy groups -OCH3 is 2. The topological polar surface area (TPSA) is 137 Å². The third-order valence-electron chi connectivity index (χ3n) is 3.41. The highest BCUT2D eigenvalue weighted by atomic mass is 32.2. The van der Waals surface area contributed by atoms with Gasteiger partial charge in [-0.25, -0.2) is 22.7 Å². The highest BCUT2D eigenvalue weighted by Gasteiger charge is 2.29. The van der Waals surface area contributed by atoms with E-state index >= 15 is 0 Å². The molecule has 1 unspecified atom stereocenters. The number of carbonyl (C=O) groups is 1. The molecule has 0 fully saturated rings. The molecule has 1 aromatic rings. The third-order valence-corrected chi connectivity index (χ3v) is 4.97. The van der Waals surface area contributed by atoms with E-state index in [1.165, 1.54) is 45.4 Å². The van der Waals surface area contributed by atoms with Crippen molar-refractivity contribution in [1.29, 1.82) is 0 Å². The van der Waals surface area contributed by atoms with Crippen molar-refractivity contribution in [2.45, 2.75) is 6.92 Å². The zero-order valence-electron chi connectivity index (χ0n) is 14.1. The summed E-state index contributed by atoms with van der Waals surface area (Å²) in [6.07, 6.45) is 4.14. The normalized spacial score (nSPS) is 16.3. The maximum absolute atomic E-state index is 12.4. The summed E-state index contributed by atoms with van der Waals surface area (Å²) in [7, 11) is -1.48. The van der Waals surface area contributed by atoms with Gasteiger partial charge in [-0.3, -0.25) is 5.32 Å². The van der Waals surface area contributed by atoms with Crippen molar-refractivity contribution in [3.05, 3.63) is 34.8 Å². The van der Waals surface area contributed by atoms with E-state index in [0.29, 0.717) is 0 Å². The van der Waals surface area contributed by atoms with Crippen LogP contribution in [-0.4, -0.2) is 44.6 Å². The van der Waals surface area contributed by atoms with Gasteiger partial charge in [-0.1, -0.05) is 13.0 Å². The van der Waals surface area contributed by atoms with Crippen LogP contribution in [0, 0.1) is 5.92 Å². The summed E-state index contributed by atoms with van der Waals surface area (Å²) >= 11 is 0. The number of nitrogens with zero attached hydrogens (tertiary/aromatic N) is 2. The molecule has 10 nitrogen and oxygen atoms in total. The molecule has 0 saturated heterocycles. The molecule has 0 bridgehead atoms. The molecule has 1 aliphatic rings. The molecule has 2 N–H and O–H groups in total. The van der Waals surface area contributed by atoms with E-state index in [2.05, 4.69) is 15.3 Å². The first-order valence-electron chi connectivity index (χ1n) is 7.25. The van der Waals surface area contributed by atoms with Crippen LogP contribution < -0.4 is 19.5 Å². The molecule has 1 heterocycles. The second-order valence-corrected chi connectivity index (χ2v) is 6.73. The monoisotopic (exact) mass is 380 g/mol. The lowest BCUT2D eigenvalue weighted by Gasteiger charge is -2.18. The zero-order valence-corrected chi connectivity index (χ0v) is 15.0. The Morgan fingerprint density at radius 1 is 1.23 bits per heavy atom. The Kier molecular flexibility index (Phi) is 5.75. The summed E-state index contributed by atoms with van der Waals surface area (Å²) < 4.78 is 36.5. The molecule has 0 aromatic carbocycles. The maximum Gasteiger partial charge on any atom is 0.335 e. The molecule has 0 aliphatic heterocycles. The highest BCUT2D eigenvalue weighted by molar-refractivity contribution is 7.94. The minimum absolute atomic E-state index is 0.115. The highest BCUT2D eigenvalue weighted by Crippen LogP contribution is 2.27. The lowest BCUT2D eigenvalue weighted by atomic mass is 9.98. The van der Waals surface area contributed by atoms with Crippen molar-refractivity contribution in [1.82, 2.24) is 14.7 Å². The molecule has 26 heavy (non-hydrogen) atoms. The van der Waals surface area contributed by atoms with Crippen LogP contribution >= 0.6 is 0 Å². The summed E-state index contributed by atoms with van der Waals surface area (Å²) in [5.41, 5.74) is 0.161. The number of urea groups is 1. The summed E-state index contributed by atoms with van der Waals surface area (Å²) in [6, 6.07) is 0.299. The van der Waals surface area contributed by atoms with E-state index < -0.39 is 22.0 Å². The Morgan fingerprint density at radius 3 is 2.38 bits per heavy atom.